The summed E-state index contributed by atoms with van der Waals surface area (Å²) in [4.78, 5) is 29.9. The van der Waals surface area contributed by atoms with Gasteiger partial charge >= 0.3 is 0 Å². The minimum absolute atomic E-state index is 0.0383. The van der Waals surface area contributed by atoms with Crippen molar-refractivity contribution in [3.63, 3.8) is 0 Å². The lowest BCUT2D eigenvalue weighted by atomic mass is 9.91. The molecule has 0 fully saturated rings. The van der Waals surface area contributed by atoms with Gasteiger partial charge in [0.15, 0.2) is 0 Å². The van der Waals surface area contributed by atoms with Crippen LogP contribution in [0, 0.1) is 0 Å². The van der Waals surface area contributed by atoms with E-state index in [2.05, 4.69) is 16.4 Å². The summed E-state index contributed by atoms with van der Waals surface area (Å²) < 4.78 is 7.04. The van der Waals surface area contributed by atoms with E-state index in [1.165, 1.54) is 5.56 Å². The van der Waals surface area contributed by atoms with E-state index in [9.17, 15) is 9.59 Å². The highest BCUT2D eigenvalue weighted by atomic mass is 16.5. The van der Waals surface area contributed by atoms with E-state index in [-0.39, 0.29) is 23.6 Å². The van der Waals surface area contributed by atoms with Crippen molar-refractivity contribution in [2.75, 3.05) is 7.11 Å². The van der Waals surface area contributed by atoms with Gasteiger partial charge in [0.1, 0.15) is 5.75 Å². The Balaban J connectivity index is 1.55. The summed E-state index contributed by atoms with van der Waals surface area (Å²) in [5, 5.41) is 5.64. The van der Waals surface area contributed by atoms with Gasteiger partial charge in [0.05, 0.1) is 18.7 Å². The Morgan fingerprint density at radius 2 is 1.94 bits per heavy atom. The van der Waals surface area contributed by atoms with Crippen molar-refractivity contribution < 1.29 is 9.53 Å². The van der Waals surface area contributed by atoms with Gasteiger partial charge in [-0.1, -0.05) is 18.2 Å². The van der Waals surface area contributed by atoms with E-state index in [4.69, 9.17) is 4.74 Å². The molecule has 1 amide bonds. The standard InChI is InChI=1S/C26H27N3O3/c1-15(2)29-14-21(17-7-4-5-8-19(17)26(29)31)25(30)28-23-10-6-9-18-20-13-16(32-3)11-12-22(20)27-24(18)23/h4-5,7-8,11-15,23,27H,6,9-10H2,1-3H3,(H,28,30)/t23-/m1/s1. The molecular weight excluding hydrogens is 402 g/mol. The van der Waals surface area contributed by atoms with Crippen LogP contribution in [0.1, 0.15) is 60.4 Å². The highest BCUT2D eigenvalue weighted by molar-refractivity contribution is 6.06. The Morgan fingerprint density at radius 3 is 2.69 bits per heavy atom. The maximum atomic E-state index is 13.5. The molecule has 1 atom stereocenters. The fourth-order valence-electron chi connectivity index (χ4n) is 4.82. The number of amides is 1. The van der Waals surface area contributed by atoms with Crippen LogP contribution in [-0.2, 0) is 6.42 Å². The molecule has 2 aromatic carbocycles. The van der Waals surface area contributed by atoms with Gasteiger partial charge in [-0.15, -0.1) is 0 Å². The van der Waals surface area contributed by atoms with Crippen molar-refractivity contribution >= 4 is 27.6 Å². The number of methoxy groups -OCH3 is 1. The van der Waals surface area contributed by atoms with Crippen molar-refractivity contribution in [1.29, 1.82) is 0 Å². The first-order chi connectivity index (χ1) is 15.5. The van der Waals surface area contributed by atoms with E-state index in [0.29, 0.717) is 16.3 Å². The Kier molecular flexibility index (Phi) is 5.00. The molecule has 6 heteroatoms. The van der Waals surface area contributed by atoms with Gasteiger partial charge in [-0.05, 0) is 62.9 Å². The number of carbonyl (C=O) groups is 1. The second kappa shape index (κ2) is 7.86. The monoisotopic (exact) mass is 429 g/mol. The molecule has 2 N–H and O–H groups in total. The molecule has 2 aromatic heterocycles. The summed E-state index contributed by atoms with van der Waals surface area (Å²) in [5.74, 6) is 0.664. The normalized spacial score (nSPS) is 15.8. The van der Waals surface area contributed by atoms with Crippen LogP contribution < -0.4 is 15.6 Å². The number of nitrogens with zero attached hydrogens (tertiary/aromatic N) is 1. The van der Waals surface area contributed by atoms with Crippen LogP contribution in [0.2, 0.25) is 0 Å². The molecule has 1 aliphatic carbocycles. The van der Waals surface area contributed by atoms with E-state index < -0.39 is 0 Å². The summed E-state index contributed by atoms with van der Waals surface area (Å²) in [7, 11) is 1.67. The number of pyridine rings is 1. The second-order valence-corrected chi connectivity index (χ2v) is 8.74. The zero-order valence-corrected chi connectivity index (χ0v) is 18.6. The molecule has 0 spiro atoms. The van der Waals surface area contributed by atoms with E-state index in [1.54, 1.807) is 23.9 Å². The summed E-state index contributed by atoms with van der Waals surface area (Å²) >= 11 is 0. The number of aryl methyl sites for hydroxylation is 1. The van der Waals surface area contributed by atoms with Crippen LogP contribution in [0.5, 0.6) is 5.75 Å². The highest BCUT2D eigenvalue weighted by Gasteiger charge is 2.27. The summed E-state index contributed by atoms with van der Waals surface area (Å²) in [6.45, 7) is 3.90. The van der Waals surface area contributed by atoms with Crippen molar-refractivity contribution in [1.82, 2.24) is 14.9 Å². The predicted octanol–water partition coefficient (Wildman–Crippen LogP) is 4.88. The number of nitrogens with one attached hydrogen (secondary N) is 2. The molecule has 0 aliphatic heterocycles. The third kappa shape index (κ3) is 3.27. The molecule has 0 saturated heterocycles. The number of hydrogen-bond acceptors (Lipinski definition) is 3. The minimum Gasteiger partial charge on any atom is -0.497 e. The number of ether oxygens (including phenoxy) is 1. The Morgan fingerprint density at radius 1 is 1.16 bits per heavy atom. The number of fused-ring (bicyclic) bond motifs is 4. The van der Waals surface area contributed by atoms with Gasteiger partial charge in [0.25, 0.3) is 11.5 Å². The molecule has 32 heavy (non-hydrogen) atoms. The number of rotatable bonds is 4. The van der Waals surface area contributed by atoms with E-state index in [0.717, 1.165) is 41.6 Å². The molecule has 0 unspecified atom stereocenters. The fraction of sp³-hybridized carbons (Fsp3) is 0.308. The topological polar surface area (TPSA) is 76.1 Å². The third-order valence-corrected chi connectivity index (χ3v) is 6.47. The highest BCUT2D eigenvalue weighted by Crippen LogP contribution is 2.36. The molecule has 6 nitrogen and oxygen atoms in total. The summed E-state index contributed by atoms with van der Waals surface area (Å²) in [6.07, 6.45) is 4.53. The van der Waals surface area contributed by atoms with Gasteiger partial charge in [0.2, 0.25) is 0 Å². The van der Waals surface area contributed by atoms with E-state index in [1.807, 2.05) is 44.2 Å². The lowest BCUT2D eigenvalue weighted by molar-refractivity contribution is 0.0932. The predicted molar refractivity (Wildman–Crippen MR) is 127 cm³/mol. The minimum atomic E-state index is -0.162. The number of aromatic nitrogens is 2. The molecule has 0 bridgehead atoms. The molecule has 2 heterocycles. The maximum Gasteiger partial charge on any atom is 0.258 e. The lowest BCUT2D eigenvalue weighted by Crippen LogP contribution is -2.33. The first-order valence-corrected chi connectivity index (χ1v) is 11.1. The van der Waals surface area contributed by atoms with Crippen molar-refractivity contribution in [3.8, 4) is 5.75 Å². The van der Waals surface area contributed by atoms with Crippen LogP contribution in [0.4, 0.5) is 0 Å². The summed E-state index contributed by atoms with van der Waals surface area (Å²) in [6, 6.07) is 13.2. The van der Waals surface area contributed by atoms with Crippen LogP contribution >= 0.6 is 0 Å². The quantitative estimate of drug-likeness (QED) is 0.485. The number of H-pyrrole nitrogens is 1. The molecular formula is C26H27N3O3. The van der Waals surface area contributed by atoms with Gasteiger partial charge in [-0.25, -0.2) is 0 Å². The molecule has 0 saturated carbocycles. The number of carbonyl (C=O) groups excluding carboxylic acids is 1. The average molecular weight is 430 g/mol. The first kappa shape index (κ1) is 20.4. The van der Waals surface area contributed by atoms with Gasteiger partial charge in [-0.2, -0.15) is 0 Å². The van der Waals surface area contributed by atoms with Gasteiger partial charge in [-0.3, -0.25) is 9.59 Å². The largest absolute Gasteiger partial charge is 0.497 e. The maximum absolute atomic E-state index is 13.5. The van der Waals surface area contributed by atoms with Crippen molar-refractivity contribution in [2.24, 2.45) is 0 Å². The molecule has 1 aliphatic rings. The average Bonchev–Trinajstić information content (AvgIpc) is 3.18. The Labute approximate surface area is 186 Å². The van der Waals surface area contributed by atoms with Crippen molar-refractivity contribution in [2.45, 2.75) is 45.2 Å². The number of aromatic amines is 1. The summed E-state index contributed by atoms with van der Waals surface area (Å²) in [5.41, 5.74) is 3.81. The zero-order chi connectivity index (χ0) is 22.4. The lowest BCUT2D eigenvalue weighted by Gasteiger charge is -2.24. The Hall–Kier alpha value is -3.54. The molecule has 5 rings (SSSR count). The first-order valence-electron chi connectivity index (χ1n) is 11.1. The van der Waals surface area contributed by atoms with Crippen LogP contribution in [0.3, 0.4) is 0 Å². The smallest absolute Gasteiger partial charge is 0.258 e. The zero-order valence-electron chi connectivity index (χ0n) is 18.6. The second-order valence-electron chi connectivity index (χ2n) is 8.74. The van der Waals surface area contributed by atoms with Crippen LogP contribution in [-0.4, -0.2) is 22.6 Å². The van der Waals surface area contributed by atoms with Crippen molar-refractivity contribution in [3.05, 3.63) is 75.8 Å². The number of hydrogen-bond donors (Lipinski definition) is 2. The molecule has 4 aromatic rings. The third-order valence-electron chi connectivity index (χ3n) is 6.47. The van der Waals surface area contributed by atoms with Crippen LogP contribution in [0.15, 0.2) is 53.5 Å². The van der Waals surface area contributed by atoms with Gasteiger partial charge < -0.3 is 19.6 Å². The van der Waals surface area contributed by atoms with Gasteiger partial charge in [0, 0.05) is 39.6 Å². The van der Waals surface area contributed by atoms with Crippen LogP contribution in [0.25, 0.3) is 21.7 Å². The Bertz CT molecular complexity index is 1400. The molecule has 164 valence electrons. The molecule has 0 radical (unpaired) electrons. The van der Waals surface area contributed by atoms with E-state index >= 15 is 0 Å². The fourth-order valence-corrected chi connectivity index (χ4v) is 4.82. The number of benzene rings is 2. The SMILES string of the molecule is COc1ccc2[nH]c3c(c2c1)CCC[C@H]3NC(=O)c1cn(C(C)C)c(=O)c2ccccc12.